The quantitative estimate of drug-likeness (QED) is 0.809. The van der Waals surface area contributed by atoms with E-state index in [4.69, 9.17) is 0 Å². The molecule has 114 valence electrons. The summed E-state index contributed by atoms with van der Waals surface area (Å²) in [6, 6.07) is 2.08. The van der Waals surface area contributed by atoms with Gasteiger partial charge in [-0.25, -0.2) is 0 Å². The fourth-order valence-corrected chi connectivity index (χ4v) is 2.57. The standard InChI is InChI=1S/C14H24N4O.ClH/c1-11-10-12(2)18(17-11)9-3-6-16-14(19)13-4-7-15-8-5-13;/h10,13,15H,3-9H2,1-2H3,(H,16,19);1H. The fraction of sp³-hybridized carbons (Fsp3) is 0.714. The van der Waals surface area contributed by atoms with E-state index in [2.05, 4.69) is 28.7 Å². The molecule has 2 rings (SSSR count). The fourth-order valence-electron chi connectivity index (χ4n) is 2.57. The Morgan fingerprint density at radius 1 is 1.45 bits per heavy atom. The second-order valence-electron chi connectivity index (χ2n) is 5.32. The maximum Gasteiger partial charge on any atom is 0.223 e. The summed E-state index contributed by atoms with van der Waals surface area (Å²) in [6.07, 6.45) is 2.85. The summed E-state index contributed by atoms with van der Waals surface area (Å²) in [5, 5.41) is 10.7. The zero-order valence-electron chi connectivity index (χ0n) is 12.3. The van der Waals surface area contributed by atoms with Gasteiger partial charge in [0, 0.05) is 24.7 Å². The lowest BCUT2D eigenvalue weighted by atomic mass is 9.97. The Balaban J connectivity index is 0.00000200. The highest BCUT2D eigenvalue weighted by Gasteiger charge is 2.20. The third-order valence-electron chi connectivity index (χ3n) is 3.66. The van der Waals surface area contributed by atoms with E-state index < -0.39 is 0 Å². The molecule has 1 aromatic heterocycles. The van der Waals surface area contributed by atoms with Crippen molar-refractivity contribution >= 4 is 18.3 Å². The molecule has 1 aromatic rings. The molecule has 20 heavy (non-hydrogen) atoms. The maximum absolute atomic E-state index is 11.9. The van der Waals surface area contributed by atoms with E-state index in [0.29, 0.717) is 0 Å². The smallest absolute Gasteiger partial charge is 0.223 e. The van der Waals surface area contributed by atoms with Gasteiger partial charge in [0.2, 0.25) is 5.91 Å². The minimum Gasteiger partial charge on any atom is -0.356 e. The first-order valence-electron chi connectivity index (χ1n) is 7.16. The second kappa shape index (κ2) is 8.27. The van der Waals surface area contributed by atoms with Gasteiger partial charge in [-0.05, 0) is 52.3 Å². The molecule has 0 unspecified atom stereocenters. The molecule has 1 aliphatic heterocycles. The van der Waals surface area contributed by atoms with Gasteiger partial charge in [0.1, 0.15) is 0 Å². The molecule has 1 fully saturated rings. The summed E-state index contributed by atoms with van der Waals surface area (Å²) >= 11 is 0. The molecule has 1 aliphatic rings. The van der Waals surface area contributed by atoms with Crippen LogP contribution in [-0.2, 0) is 11.3 Å². The first-order chi connectivity index (χ1) is 9.16. The molecule has 0 aliphatic carbocycles. The topological polar surface area (TPSA) is 59.0 Å². The molecule has 6 heteroatoms. The number of nitrogens with zero attached hydrogens (tertiary/aromatic N) is 2. The van der Waals surface area contributed by atoms with E-state index >= 15 is 0 Å². The van der Waals surface area contributed by atoms with Crippen LogP contribution in [0.3, 0.4) is 0 Å². The minimum atomic E-state index is 0. The number of carbonyl (C=O) groups excluding carboxylic acids is 1. The third kappa shape index (κ3) is 4.80. The van der Waals surface area contributed by atoms with E-state index in [1.54, 1.807) is 0 Å². The summed E-state index contributed by atoms with van der Waals surface area (Å²) in [6.45, 7) is 7.59. The molecule has 2 heterocycles. The predicted octanol–water partition coefficient (Wildman–Crippen LogP) is 1.43. The Labute approximate surface area is 126 Å². The molecule has 0 bridgehead atoms. The molecule has 0 saturated carbocycles. The summed E-state index contributed by atoms with van der Waals surface area (Å²) < 4.78 is 2.01. The number of piperidine rings is 1. The first kappa shape index (κ1) is 17.0. The Hall–Kier alpha value is -1.07. The van der Waals surface area contributed by atoms with E-state index in [0.717, 1.165) is 51.1 Å². The number of aryl methyl sites for hydroxylation is 3. The minimum absolute atomic E-state index is 0. The van der Waals surface area contributed by atoms with Crippen LogP contribution in [-0.4, -0.2) is 35.3 Å². The van der Waals surface area contributed by atoms with Gasteiger partial charge in [0.25, 0.3) is 0 Å². The largest absolute Gasteiger partial charge is 0.356 e. The lowest BCUT2D eigenvalue weighted by Crippen LogP contribution is -2.38. The van der Waals surface area contributed by atoms with Crippen LogP contribution in [0.4, 0.5) is 0 Å². The van der Waals surface area contributed by atoms with Gasteiger partial charge in [-0.1, -0.05) is 0 Å². The van der Waals surface area contributed by atoms with Gasteiger partial charge < -0.3 is 10.6 Å². The van der Waals surface area contributed by atoms with Gasteiger partial charge in [0.05, 0.1) is 5.69 Å². The Kier molecular flexibility index (Phi) is 7.02. The van der Waals surface area contributed by atoms with Crippen molar-refractivity contribution in [3.05, 3.63) is 17.5 Å². The average Bonchev–Trinajstić information content (AvgIpc) is 2.74. The van der Waals surface area contributed by atoms with Crippen LogP contribution < -0.4 is 10.6 Å². The SMILES string of the molecule is Cc1cc(C)n(CCCNC(=O)C2CCNCC2)n1.Cl. The van der Waals surface area contributed by atoms with Crippen LogP contribution in [0.15, 0.2) is 6.07 Å². The number of halogens is 1. The zero-order valence-corrected chi connectivity index (χ0v) is 13.1. The van der Waals surface area contributed by atoms with Gasteiger partial charge in [-0.3, -0.25) is 9.48 Å². The summed E-state index contributed by atoms with van der Waals surface area (Å²) in [4.78, 5) is 11.9. The molecule has 2 N–H and O–H groups in total. The lowest BCUT2D eigenvalue weighted by molar-refractivity contribution is -0.125. The molecule has 0 spiro atoms. The van der Waals surface area contributed by atoms with Crippen molar-refractivity contribution in [1.29, 1.82) is 0 Å². The maximum atomic E-state index is 11.9. The number of nitrogens with one attached hydrogen (secondary N) is 2. The predicted molar refractivity (Wildman–Crippen MR) is 82.2 cm³/mol. The first-order valence-corrected chi connectivity index (χ1v) is 7.16. The highest BCUT2D eigenvalue weighted by atomic mass is 35.5. The van der Waals surface area contributed by atoms with Crippen molar-refractivity contribution in [2.24, 2.45) is 5.92 Å². The van der Waals surface area contributed by atoms with Crippen molar-refractivity contribution in [3.8, 4) is 0 Å². The number of hydrogen-bond donors (Lipinski definition) is 2. The molecule has 1 amide bonds. The normalized spacial score (nSPS) is 15.7. The molecular weight excluding hydrogens is 276 g/mol. The Morgan fingerprint density at radius 3 is 2.75 bits per heavy atom. The van der Waals surface area contributed by atoms with E-state index in [1.165, 1.54) is 5.69 Å². The van der Waals surface area contributed by atoms with Crippen LogP contribution >= 0.6 is 12.4 Å². The van der Waals surface area contributed by atoms with Crippen molar-refractivity contribution in [2.45, 2.75) is 39.7 Å². The summed E-state index contributed by atoms with van der Waals surface area (Å²) in [5.74, 6) is 0.421. The molecular formula is C14H25ClN4O. The Morgan fingerprint density at radius 2 is 2.15 bits per heavy atom. The van der Waals surface area contributed by atoms with Gasteiger partial charge >= 0.3 is 0 Å². The number of hydrogen-bond acceptors (Lipinski definition) is 3. The Bertz CT molecular complexity index is 427. The summed E-state index contributed by atoms with van der Waals surface area (Å²) in [5.41, 5.74) is 2.23. The van der Waals surface area contributed by atoms with E-state index in [9.17, 15) is 4.79 Å². The highest BCUT2D eigenvalue weighted by Crippen LogP contribution is 2.11. The number of rotatable bonds is 5. The van der Waals surface area contributed by atoms with Gasteiger partial charge in [-0.15, -0.1) is 12.4 Å². The summed E-state index contributed by atoms with van der Waals surface area (Å²) in [7, 11) is 0. The van der Waals surface area contributed by atoms with Crippen molar-refractivity contribution < 1.29 is 4.79 Å². The van der Waals surface area contributed by atoms with Crippen LogP contribution in [0, 0.1) is 19.8 Å². The van der Waals surface area contributed by atoms with Crippen molar-refractivity contribution in [1.82, 2.24) is 20.4 Å². The van der Waals surface area contributed by atoms with E-state index in [1.807, 2.05) is 11.6 Å². The third-order valence-corrected chi connectivity index (χ3v) is 3.66. The highest BCUT2D eigenvalue weighted by molar-refractivity contribution is 5.85. The van der Waals surface area contributed by atoms with Crippen LogP contribution in [0.2, 0.25) is 0 Å². The average molecular weight is 301 g/mol. The lowest BCUT2D eigenvalue weighted by Gasteiger charge is -2.21. The van der Waals surface area contributed by atoms with Crippen LogP contribution in [0.25, 0.3) is 0 Å². The van der Waals surface area contributed by atoms with Crippen molar-refractivity contribution in [2.75, 3.05) is 19.6 Å². The van der Waals surface area contributed by atoms with Gasteiger partial charge in [0.15, 0.2) is 0 Å². The van der Waals surface area contributed by atoms with E-state index in [-0.39, 0.29) is 24.2 Å². The molecule has 1 saturated heterocycles. The molecule has 0 radical (unpaired) electrons. The number of aromatic nitrogens is 2. The van der Waals surface area contributed by atoms with Crippen LogP contribution in [0.5, 0.6) is 0 Å². The zero-order chi connectivity index (χ0) is 13.7. The number of amides is 1. The van der Waals surface area contributed by atoms with Crippen molar-refractivity contribution in [3.63, 3.8) is 0 Å². The molecule has 0 atom stereocenters. The number of carbonyl (C=O) groups is 1. The molecule has 5 nitrogen and oxygen atoms in total. The molecule has 0 aromatic carbocycles. The van der Waals surface area contributed by atoms with Crippen LogP contribution in [0.1, 0.15) is 30.7 Å². The second-order valence-corrected chi connectivity index (χ2v) is 5.32. The van der Waals surface area contributed by atoms with Gasteiger partial charge in [-0.2, -0.15) is 5.10 Å². The monoisotopic (exact) mass is 300 g/mol.